The van der Waals surface area contributed by atoms with Crippen molar-refractivity contribution in [2.45, 2.75) is 51.5 Å². The predicted octanol–water partition coefficient (Wildman–Crippen LogP) is 2.67. The minimum Gasteiger partial charge on any atom is -0.314 e. The zero-order valence-corrected chi connectivity index (χ0v) is 11.4. The first-order chi connectivity index (χ1) is 7.36. The number of hydrogen-bond donors (Lipinski definition) is 1. The molecule has 0 amide bonds. The first kappa shape index (κ1) is 14.3. The van der Waals surface area contributed by atoms with Crippen LogP contribution in [0.15, 0.2) is 0 Å². The van der Waals surface area contributed by atoms with Crippen molar-refractivity contribution in [1.82, 2.24) is 10.2 Å². The fraction of sp³-hybridized carbons (Fsp3) is 1.00. The molecule has 0 aromatic rings. The number of rotatable bonds is 2. The zero-order valence-electron chi connectivity index (χ0n) is 10.6. The molecular weight excluding hydrogens is 220 g/mol. The van der Waals surface area contributed by atoms with Gasteiger partial charge in [0, 0.05) is 32.2 Å². The minimum atomic E-state index is 0. The van der Waals surface area contributed by atoms with Gasteiger partial charge in [0.15, 0.2) is 0 Å². The number of piperazine rings is 1. The molecule has 16 heavy (non-hydrogen) atoms. The molecule has 1 aliphatic heterocycles. The molecule has 0 aromatic heterocycles. The van der Waals surface area contributed by atoms with Gasteiger partial charge in [-0.25, -0.2) is 0 Å². The second-order valence-corrected chi connectivity index (χ2v) is 5.41. The summed E-state index contributed by atoms with van der Waals surface area (Å²) < 4.78 is 0. The van der Waals surface area contributed by atoms with E-state index in [9.17, 15) is 0 Å². The lowest BCUT2D eigenvalue weighted by molar-refractivity contribution is 0.142. The number of halogens is 1. The third-order valence-electron chi connectivity index (χ3n) is 4.11. The smallest absolute Gasteiger partial charge is 0.0193 e. The molecule has 3 heteroatoms. The maximum absolute atomic E-state index is 3.47. The van der Waals surface area contributed by atoms with E-state index in [-0.39, 0.29) is 12.4 Å². The molecule has 2 rings (SSSR count). The highest BCUT2D eigenvalue weighted by Crippen LogP contribution is 2.24. The molecular formula is C13H27ClN2. The summed E-state index contributed by atoms with van der Waals surface area (Å²) in [7, 11) is 0. The Balaban J connectivity index is 0.00000128. The van der Waals surface area contributed by atoms with Gasteiger partial charge in [-0.15, -0.1) is 12.4 Å². The van der Waals surface area contributed by atoms with E-state index in [2.05, 4.69) is 17.1 Å². The topological polar surface area (TPSA) is 15.3 Å². The number of nitrogens with zero attached hydrogens (tertiary/aromatic N) is 1. The average Bonchev–Trinajstić information content (AvgIpc) is 2.50. The van der Waals surface area contributed by atoms with Crippen LogP contribution in [0.3, 0.4) is 0 Å². The Bertz CT molecular complexity index is 179. The first-order valence-corrected chi connectivity index (χ1v) is 6.81. The third kappa shape index (κ3) is 4.23. The number of nitrogens with one attached hydrogen (secondary N) is 1. The van der Waals surface area contributed by atoms with Crippen LogP contribution >= 0.6 is 12.4 Å². The van der Waals surface area contributed by atoms with E-state index >= 15 is 0 Å². The monoisotopic (exact) mass is 246 g/mol. The van der Waals surface area contributed by atoms with Crippen LogP contribution in [0.1, 0.15) is 45.4 Å². The van der Waals surface area contributed by atoms with Gasteiger partial charge < -0.3 is 5.32 Å². The van der Waals surface area contributed by atoms with Gasteiger partial charge >= 0.3 is 0 Å². The predicted molar refractivity (Wildman–Crippen MR) is 72.3 cm³/mol. The van der Waals surface area contributed by atoms with Crippen molar-refractivity contribution in [2.75, 3.05) is 26.2 Å². The van der Waals surface area contributed by atoms with Gasteiger partial charge in [-0.2, -0.15) is 0 Å². The van der Waals surface area contributed by atoms with Crippen molar-refractivity contribution in [2.24, 2.45) is 5.92 Å². The Morgan fingerprint density at radius 3 is 2.44 bits per heavy atom. The summed E-state index contributed by atoms with van der Waals surface area (Å²) in [5, 5.41) is 3.47. The van der Waals surface area contributed by atoms with E-state index in [1.807, 2.05) is 0 Å². The van der Waals surface area contributed by atoms with Crippen molar-refractivity contribution in [3.8, 4) is 0 Å². The fourth-order valence-corrected chi connectivity index (χ4v) is 3.03. The van der Waals surface area contributed by atoms with E-state index in [1.165, 1.54) is 64.7 Å². The van der Waals surface area contributed by atoms with Crippen LogP contribution in [0.25, 0.3) is 0 Å². The summed E-state index contributed by atoms with van der Waals surface area (Å²) in [4.78, 5) is 2.70. The van der Waals surface area contributed by atoms with Crippen molar-refractivity contribution < 1.29 is 0 Å². The van der Waals surface area contributed by atoms with Crippen molar-refractivity contribution >= 4 is 12.4 Å². The molecule has 0 bridgehead atoms. The Morgan fingerprint density at radius 1 is 1.12 bits per heavy atom. The third-order valence-corrected chi connectivity index (χ3v) is 4.11. The molecule has 1 atom stereocenters. The second-order valence-electron chi connectivity index (χ2n) is 5.41. The first-order valence-electron chi connectivity index (χ1n) is 6.81. The van der Waals surface area contributed by atoms with Crippen LogP contribution in [-0.2, 0) is 0 Å². The van der Waals surface area contributed by atoms with E-state index in [1.54, 1.807) is 0 Å². The average molecular weight is 247 g/mol. The van der Waals surface area contributed by atoms with E-state index in [0.717, 1.165) is 12.0 Å². The van der Waals surface area contributed by atoms with Crippen LogP contribution in [0, 0.1) is 5.92 Å². The largest absolute Gasteiger partial charge is 0.314 e. The second kappa shape index (κ2) is 7.52. The zero-order chi connectivity index (χ0) is 10.5. The molecule has 0 radical (unpaired) electrons. The Labute approximate surface area is 107 Å². The molecule has 1 aliphatic carbocycles. The molecule has 96 valence electrons. The van der Waals surface area contributed by atoms with Gasteiger partial charge in [-0.3, -0.25) is 4.90 Å². The molecule has 1 N–H and O–H groups in total. The molecule has 1 saturated carbocycles. The van der Waals surface area contributed by atoms with Gasteiger partial charge in [-0.05, 0) is 25.7 Å². The van der Waals surface area contributed by atoms with Gasteiger partial charge in [-0.1, -0.05) is 25.7 Å². The van der Waals surface area contributed by atoms with Gasteiger partial charge in [0.05, 0.1) is 0 Å². The molecule has 0 spiro atoms. The lowest BCUT2D eigenvalue weighted by Crippen LogP contribution is -2.51. The summed E-state index contributed by atoms with van der Waals surface area (Å²) in [6.07, 6.45) is 8.88. The summed E-state index contributed by atoms with van der Waals surface area (Å²) in [6, 6.07) is 0.752. The lowest BCUT2D eigenvalue weighted by atomic mass is 9.98. The molecule has 2 nitrogen and oxygen atoms in total. The summed E-state index contributed by atoms with van der Waals surface area (Å²) in [5.74, 6) is 0.994. The summed E-state index contributed by atoms with van der Waals surface area (Å²) >= 11 is 0. The Hall–Kier alpha value is 0.210. The normalized spacial score (nSPS) is 29.4. The highest BCUT2D eigenvalue weighted by atomic mass is 35.5. The fourth-order valence-electron chi connectivity index (χ4n) is 3.03. The van der Waals surface area contributed by atoms with E-state index < -0.39 is 0 Å². The summed E-state index contributed by atoms with van der Waals surface area (Å²) in [5.41, 5.74) is 0. The molecule has 1 saturated heterocycles. The van der Waals surface area contributed by atoms with Crippen molar-refractivity contribution in [1.29, 1.82) is 0 Å². The van der Waals surface area contributed by atoms with Crippen LogP contribution in [0.2, 0.25) is 0 Å². The van der Waals surface area contributed by atoms with E-state index in [4.69, 9.17) is 0 Å². The van der Waals surface area contributed by atoms with Crippen LogP contribution < -0.4 is 5.32 Å². The number of hydrogen-bond acceptors (Lipinski definition) is 2. The molecule has 0 aromatic carbocycles. The van der Waals surface area contributed by atoms with Crippen molar-refractivity contribution in [3.63, 3.8) is 0 Å². The Kier molecular flexibility index (Phi) is 6.71. The highest BCUT2D eigenvalue weighted by Gasteiger charge is 2.21. The Morgan fingerprint density at radius 2 is 1.81 bits per heavy atom. The molecule has 0 unspecified atom stereocenters. The molecule has 2 fully saturated rings. The molecule has 1 heterocycles. The molecule has 2 aliphatic rings. The maximum Gasteiger partial charge on any atom is 0.0193 e. The van der Waals surface area contributed by atoms with Crippen LogP contribution in [0.4, 0.5) is 0 Å². The standard InChI is InChI=1S/C13H26N2.ClH/c1-12-10-14-8-9-15(12)11-13-6-4-2-3-5-7-13;/h12-14H,2-11H2,1H3;1H/t12-;/m1./s1. The van der Waals surface area contributed by atoms with Crippen LogP contribution in [0.5, 0.6) is 0 Å². The van der Waals surface area contributed by atoms with Gasteiger partial charge in [0.25, 0.3) is 0 Å². The van der Waals surface area contributed by atoms with Crippen molar-refractivity contribution in [3.05, 3.63) is 0 Å². The minimum absolute atomic E-state index is 0. The SMILES string of the molecule is C[C@@H]1CNCCN1CC1CCCCCC1.Cl. The quantitative estimate of drug-likeness (QED) is 0.754. The lowest BCUT2D eigenvalue weighted by Gasteiger charge is -2.36. The van der Waals surface area contributed by atoms with Gasteiger partial charge in [0.1, 0.15) is 0 Å². The summed E-state index contributed by atoms with van der Waals surface area (Å²) in [6.45, 7) is 7.37. The highest BCUT2D eigenvalue weighted by molar-refractivity contribution is 5.85. The van der Waals surface area contributed by atoms with E-state index in [0.29, 0.717) is 0 Å². The maximum atomic E-state index is 3.47. The van der Waals surface area contributed by atoms with Gasteiger partial charge in [0.2, 0.25) is 0 Å². The van der Waals surface area contributed by atoms with Crippen LogP contribution in [-0.4, -0.2) is 37.1 Å².